The average molecular weight is 258 g/mol. The van der Waals surface area contributed by atoms with Crippen molar-refractivity contribution < 1.29 is 17.6 Å². The molecule has 0 aliphatic heterocycles. The first-order chi connectivity index (χ1) is 6.79. The lowest BCUT2D eigenvalue weighted by Gasteiger charge is -2.15. The predicted molar refractivity (Wildman–Crippen MR) is 56.0 cm³/mol. The highest BCUT2D eigenvalue weighted by atomic mass is 35.5. The van der Waals surface area contributed by atoms with Crippen molar-refractivity contribution in [2.75, 3.05) is 0 Å². The second kappa shape index (κ2) is 5.50. The van der Waals surface area contributed by atoms with Crippen LogP contribution in [0.15, 0.2) is 18.2 Å². The number of benzene rings is 1. The summed E-state index contributed by atoms with van der Waals surface area (Å²) >= 11 is 0. The monoisotopic (exact) mass is 257 g/mol. The highest BCUT2D eigenvalue weighted by Gasteiger charge is 2.31. The van der Waals surface area contributed by atoms with Gasteiger partial charge in [-0.15, -0.1) is 12.4 Å². The molecule has 6 heteroatoms. The van der Waals surface area contributed by atoms with Crippen LogP contribution in [0.25, 0.3) is 0 Å². The van der Waals surface area contributed by atoms with Gasteiger partial charge in [-0.05, 0) is 18.6 Å². The van der Waals surface area contributed by atoms with Crippen molar-refractivity contribution in [3.05, 3.63) is 35.1 Å². The van der Waals surface area contributed by atoms with Crippen LogP contribution >= 0.6 is 12.4 Å². The van der Waals surface area contributed by atoms with E-state index in [1.165, 1.54) is 18.2 Å². The van der Waals surface area contributed by atoms with Gasteiger partial charge in [0.25, 0.3) is 0 Å². The number of hydrogen-bond acceptors (Lipinski definition) is 1. The van der Waals surface area contributed by atoms with Crippen LogP contribution in [0.2, 0.25) is 0 Å². The van der Waals surface area contributed by atoms with E-state index in [0.29, 0.717) is 5.56 Å². The molecule has 1 rings (SSSR count). The first-order valence-corrected chi connectivity index (χ1v) is 4.38. The van der Waals surface area contributed by atoms with Crippen molar-refractivity contribution in [3.8, 4) is 0 Å². The quantitative estimate of drug-likeness (QED) is 0.806. The molecule has 0 amide bonds. The van der Waals surface area contributed by atoms with Crippen LogP contribution < -0.4 is 5.73 Å². The van der Waals surface area contributed by atoms with Crippen molar-refractivity contribution in [2.24, 2.45) is 5.73 Å². The number of hydrogen-bond donors (Lipinski definition) is 1. The molecule has 0 fully saturated rings. The largest absolute Gasteiger partial charge is 0.390 e. The Morgan fingerprint density at radius 1 is 1.31 bits per heavy atom. The van der Waals surface area contributed by atoms with Crippen LogP contribution in [0.1, 0.15) is 23.6 Å². The third-order valence-corrected chi connectivity index (χ3v) is 2.01. The molecule has 16 heavy (non-hydrogen) atoms. The van der Waals surface area contributed by atoms with Crippen molar-refractivity contribution >= 4 is 12.4 Å². The van der Waals surface area contributed by atoms with E-state index >= 15 is 0 Å². The lowest BCUT2D eigenvalue weighted by Crippen LogP contribution is -2.21. The van der Waals surface area contributed by atoms with Crippen molar-refractivity contribution in [1.29, 1.82) is 0 Å². The summed E-state index contributed by atoms with van der Waals surface area (Å²) in [6.45, 7) is 1.65. The summed E-state index contributed by atoms with van der Waals surface area (Å²) in [4.78, 5) is 0. The maximum atomic E-state index is 13.2. The van der Waals surface area contributed by atoms with Gasteiger partial charge in [-0.25, -0.2) is 4.39 Å². The van der Waals surface area contributed by atoms with Gasteiger partial charge in [-0.2, -0.15) is 13.2 Å². The van der Waals surface area contributed by atoms with Gasteiger partial charge in [0.1, 0.15) is 5.82 Å². The zero-order valence-corrected chi connectivity index (χ0v) is 9.33. The zero-order valence-electron chi connectivity index (χ0n) is 8.51. The third-order valence-electron chi connectivity index (χ3n) is 2.01. The van der Waals surface area contributed by atoms with Gasteiger partial charge in [-0.3, -0.25) is 0 Å². The van der Waals surface area contributed by atoms with Gasteiger partial charge in [0.05, 0.1) is 6.42 Å². The fraction of sp³-hybridized carbons (Fsp3) is 0.400. The van der Waals surface area contributed by atoms with Crippen LogP contribution in [0.4, 0.5) is 17.6 Å². The molecule has 0 bridgehead atoms. The molecule has 1 nitrogen and oxygen atoms in total. The number of nitrogens with two attached hydrogens (primary N) is 1. The first kappa shape index (κ1) is 15.2. The summed E-state index contributed by atoms with van der Waals surface area (Å²) in [5.41, 5.74) is 5.82. The summed E-state index contributed by atoms with van der Waals surface area (Å²) in [5.74, 6) is -0.688. The molecular formula is C10H12ClF4N. The van der Waals surface area contributed by atoms with Crippen LogP contribution in [0.3, 0.4) is 0 Å². The summed E-state index contributed by atoms with van der Waals surface area (Å²) in [6, 6.07) is 2.66. The van der Waals surface area contributed by atoms with E-state index in [4.69, 9.17) is 5.73 Å². The molecule has 0 aromatic heterocycles. The Bertz CT molecular complexity index is 351. The molecule has 0 radical (unpaired) electrons. The van der Waals surface area contributed by atoms with Crippen molar-refractivity contribution in [3.63, 3.8) is 0 Å². The number of halogens is 5. The topological polar surface area (TPSA) is 26.0 Å². The smallest absolute Gasteiger partial charge is 0.324 e. The van der Waals surface area contributed by atoms with E-state index in [-0.39, 0.29) is 18.0 Å². The molecule has 2 N–H and O–H groups in total. The molecule has 0 aliphatic carbocycles. The van der Waals surface area contributed by atoms with Crippen molar-refractivity contribution in [1.82, 2.24) is 0 Å². The normalized spacial score (nSPS) is 13.1. The maximum absolute atomic E-state index is 13.2. The zero-order chi connectivity index (χ0) is 11.6. The molecule has 0 heterocycles. The van der Waals surface area contributed by atoms with Crippen LogP contribution in [0.5, 0.6) is 0 Å². The molecule has 1 aromatic carbocycles. The lowest BCUT2D eigenvalue weighted by atomic mass is 10.0. The third kappa shape index (κ3) is 4.37. The molecule has 92 valence electrons. The summed E-state index contributed by atoms with van der Waals surface area (Å²) in [6.07, 6.45) is -5.59. The van der Waals surface area contributed by atoms with Crippen LogP contribution in [-0.2, 0) is 0 Å². The fourth-order valence-corrected chi connectivity index (χ4v) is 1.29. The molecule has 1 aromatic rings. The molecule has 0 saturated carbocycles. The fourth-order valence-electron chi connectivity index (χ4n) is 1.29. The first-order valence-electron chi connectivity index (χ1n) is 4.38. The molecule has 0 unspecified atom stereocenters. The van der Waals surface area contributed by atoms with E-state index in [0.717, 1.165) is 0 Å². The summed E-state index contributed by atoms with van der Waals surface area (Å²) in [7, 11) is 0. The molecule has 0 saturated heterocycles. The Morgan fingerprint density at radius 3 is 2.31 bits per heavy atom. The minimum atomic E-state index is -4.38. The highest BCUT2D eigenvalue weighted by molar-refractivity contribution is 5.85. The van der Waals surface area contributed by atoms with Gasteiger partial charge in [0, 0.05) is 11.6 Å². The van der Waals surface area contributed by atoms with E-state index in [2.05, 4.69) is 0 Å². The molecule has 0 spiro atoms. The van der Waals surface area contributed by atoms with Gasteiger partial charge in [-0.1, -0.05) is 12.1 Å². The number of alkyl halides is 3. The maximum Gasteiger partial charge on any atom is 0.390 e. The Morgan fingerprint density at radius 2 is 1.88 bits per heavy atom. The number of aryl methyl sites for hydroxylation is 1. The van der Waals surface area contributed by atoms with Crippen LogP contribution in [0, 0.1) is 12.7 Å². The van der Waals surface area contributed by atoms with Gasteiger partial charge in [0.15, 0.2) is 0 Å². The van der Waals surface area contributed by atoms with E-state index < -0.39 is 24.5 Å². The second-order valence-corrected chi connectivity index (χ2v) is 3.45. The Kier molecular flexibility index (Phi) is 5.22. The Hall–Kier alpha value is -0.810. The standard InChI is InChI=1S/C10H11F4N.ClH/c1-6-2-3-7(8(11)4-6)9(15)5-10(12,13)14;/h2-4,9H,5,15H2,1H3;1H/t9-;/m1./s1. The molecule has 1 atom stereocenters. The van der Waals surface area contributed by atoms with E-state index in [9.17, 15) is 17.6 Å². The number of rotatable bonds is 2. The van der Waals surface area contributed by atoms with Crippen molar-refractivity contribution in [2.45, 2.75) is 25.6 Å². The minimum Gasteiger partial charge on any atom is -0.324 e. The van der Waals surface area contributed by atoms with Gasteiger partial charge in [0.2, 0.25) is 0 Å². The highest BCUT2D eigenvalue weighted by Crippen LogP contribution is 2.29. The lowest BCUT2D eigenvalue weighted by molar-refractivity contribution is -0.138. The van der Waals surface area contributed by atoms with E-state index in [1.54, 1.807) is 6.92 Å². The molecular weight excluding hydrogens is 246 g/mol. The predicted octanol–water partition coefficient (Wildman–Crippen LogP) is 3.51. The van der Waals surface area contributed by atoms with Gasteiger partial charge < -0.3 is 5.73 Å². The van der Waals surface area contributed by atoms with Gasteiger partial charge >= 0.3 is 6.18 Å². The second-order valence-electron chi connectivity index (χ2n) is 3.45. The minimum absolute atomic E-state index is 0. The summed E-state index contributed by atoms with van der Waals surface area (Å²) < 4.78 is 49.2. The Balaban J connectivity index is 0.00000225. The Labute approximate surface area is 97.0 Å². The summed E-state index contributed by atoms with van der Waals surface area (Å²) in [5, 5.41) is 0. The SMILES string of the molecule is Cc1ccc([C@H](N)CC(F)(F)F)c(F)c1.Cl. The molecule has 0 aliphatic rings. The van der Waals surface area contributed by atoms with E-state index in [1.807, 2.05) is 0 Å². The van der Waals surface area contributed by atoms with Crippen LogP contribution in [-0.4, -0.2) is 6.18 Å². The average Bonchev–Trinajstić information content (AvgIpc) is 1.99.